The molecule has 7 heteroatoms. The van der Waals surface area contributed by atoms with E-state index in [1.807, 2.05) is 6.07 Å². The molecule has 1 fully saturated rings. The maximum absolute atomic E-state index is 14.5. The molecule has 5 rings (SSSR count). The highest BCUT2D eigenvalue weighted by Gasteiger charge is 2.39. The Kier molecular flexibility index (Phi) is 4.38. The molecular formula is C22H21FN2O4. The minimum Gasteiger partial charge on any atom is -0.486 e. The fraction of sp³-hybridized carbons (Fsp3) is 0.364. The van der Waals surface area contributed by atoms with E-state index in [2.05, 4.69) is 0 Å². The van der Waals surface area contributed by atoms with Crippen molar-refractivity contribution in [1.29, 1.82) is 0 Å². The number of rotatable bonds is 2. The quantitative estimate of drug-likeness (QED) is 0.783. The first-order valence-corrected chi connectivity index (χ1v) is 9.90. The molecule has 3 heterocycles. The first kappa shape index (κ1) is 18.0. The van der Waals surface area contributed by atoms with Gasteiger partial charge in [-0.25, -0.2) is 4.39 Å². The van der Waals surface area contributed by atoms with Crippen molar-refractivity contribution >= 4 is 23.2 Å². The summed E-state index contributed by atoms with van der Waals surface area (Å²) in [5.74, 6) is 0.0584. The van der Waals surface area contributed by atoms with E-state index in [0.717, 1.165) is 18.4 Å². The number of benzene rings is 2. The van der Waals surface area contributed by atoms with E-state index in [-0.39, 0.29) is 30.6 Å². The van der Waals surface area contributed by atoms with Crippen molar-refractivity contribution in [1.82, 2.24) is 0 Å². The van der Waals surface area contributed by atoms with Gasteiger partial charge in [0.1, 0.15) is 19.0 Å². The number of anilines is 2. The first-order chi connectivity index (χ1) is 14.1. The van der Waals surface area contributed by atoms with Crippen LogP contribution in [-0.2, 0) is 16.0 Å². The minimum absolute atomic E-state index is 0.119. The molecular weight excluding hydrogens is 375 g/mol. The Hall–Kier alpha value is -3.09. The van der Waals surface area contributed by atoms with Crippen LogP contribution in [-0.4, -0.2) is 38.1 Å². The number of amides is 2. The second kappa shape index (κ2) is 7.06. The summed E-state index contributed by atoms with van der Waals surface area (Å²) in [5.41, 5.74) is 1.89. The number of carbonyl (C=O) groups is 2. The van der Waals surface area contributed by atoms with Crippen molar-refractivity contribution < 1.29 is 23.5 Å². The lowest BCUT2D eigenvalue weighted by atomic mass is 9.98. The molecule has 0 N–H and O–H groups in total. The van der Waals surface area contributed by atoms with Gasteiger partial charge in [0.2, 0.25) is 11.8 Å². The lowest BCUT2D eigenvalue weighted by Crippen LogP contribution is -2.41. The van der Waals surface area contributed by atoms with Gasteiger partial charge in [0.25, 0.3) is 0 Å². The summed E-state index contributed by atoms with van der Waals surface area (Å²) in [5, 5.41) is 0. The molecule has 0 radical (unpaired) electrons. The Bertz CT molecular complexity index is 993. The maximum atomic E-state index is 14.5. The van der Waals surface area contributed by atoms with E-state index >= 15 is 0 Å². The van der Waals surface area contributed by atoms with Crippen molar-refractivity contribution in [3.8, 4) is 11.5 Å². The third-order valence-corrected chi connectivity index (χ3v) is 5.75. The van der Waals surface area contributed by atoms with E-state index in [1.54, 1.807) is 29.2 Å². The van der Waals surface area contributed by atoms with Gasteiger partial charge in [-0.05, 0) is 36.6 Å². The molecule has 0 spiro atoms. The highest BCUT2D eigenvalue weighted by Crippen LogP contribution is 2.37. The maximum Gasteiger partial charge on any atom is 0.232 e. The molecule has 0 aliphatic carbocycles. The van der Waals surface area contributed by atoms with E-state index in [4.69, 9.17) is 9.47 Å². The lowest BCUT2D eigenvalue weighted by molar-refractivity contribution is -0.124. The highest BCUT2D eigenvalue weighted by molar-refractivity contribution is 6.05. The molecule has 29 heavy (non-hydrogen) atoms. The van der Waals surface area contributed by atoms with Gasteiger partial charge in [-0.15, -0.1) is 0 Å². The Balaban J connectivity index is 1.38. The SMILES string of the molecule is O=C1CC(C(=O)N2CCCc3cccc(F)c32)CN1c1ccc2c(c1)OCCO2. The third kappa shape index (κ3) is 3.10. The summed E-state index contributed by atoms with van der Waals surface area (Å²) < 4.78 is 25.6. The number of para-hydroxylation sites is 1. The molecule has 2 aromatic carbocycles. The molecule has 1 atom stereocenters. The van der Waals surface area contributed by atoms with Crippen LogP contribution in [0.4, 0.5) is 15.8 Å². The number of aryl methyl sites for hydroxylation is 1. The van der Waals surface area contributed by atoms with E-state index < -0.39 is 5.92 Å². The molecule has 2 aromatic rings. The van der Waals surface area contributed by atoms with Crippen molar-refractivity contribution in [3.63, 3.8) is 0 Å². The fourth-order valence-electron chi connectivity index (χ4n) is 4.37. The molecule has 2 amide bonds. The first-order valence-electron chi connectivity index (χ1n) is 9.90. The fourth-order valence-corrected chi connectivity index (χ4v) is 4.37. The van der Waals surface area contributed by atoms with Crippen LogP contribution in [0.1, 0.15) is 18.4 Å². The zero-order valence-electron chi connectivity index (χ0n) is 15.9. The summed E-state index contributed by atoms with van der Waals surface area (Å²) in [7, 11) is 0. The van der Waals surface area contributed by atoms with Crippen LogP contribution in [0, 0.1) is 11.7 Å². The molecule has 6 nitrogen and oxygen atoms in total. The van der Waals surface area contributed by atoms with Crippen molar-refractivity contribution in [2.45, 2.75) is 19.3 Å². The predicted octanol–water partition coefficient (Wildman–Crippen LogP) is 2.93. The normalized spacial score (nSPS) is 20.6. The number of carbonyl (C=O) groups excluding carboxylic acids is 2. The summed E-state index contributed by atoms with van der Waals surface area (Å²) in [6.45, 7) is 1.71. The van der Waals surface area contributed by atoms with Crippen LogP contribution in [0.15, 0.2) is 36.4 Å². The van der Waals surface area contributed by atoms with Gasteiger partial charge in [-0.1, -0.05) is 12.1 Å². The van der Waals surface area contributed by atoms with Crippen LogP contribution in [0.2, 0.25) is 0 Å². The van der Waals surface area contributed by atoms with Crippen LogP contribution in [0.5, 0.6) is 11.5 Å². The summed E-state index contributed by atoms with van der Waals surface area (Å²) in [6.07, 6.45) is 1.66. The molecule has 0 aromatic heterocycles. The molecule has 0 saturated carbocycles. The molecule has 1 unspecified atom stereocenters. The Labute approximate surface area is 167 Å². The number of hydrogen-bond acceptors (Lipinski definition) is 4. The zero-order chi connectivity index (χ0) is 20.0. The smallest absolute Gasteiger partial charge is 0.232 e. The largest absolute Gasteiger partial charge is 0.486 e. The third-order valence-electron chi connectivity index (χ3n) is 5.75. The number of halogens is 1. The van der Waals surface area contributed by atoms with Crippen LogP contribution >= 0.6 is 0 Å². The van der Waals surface area contributed by atoms with Gasteiger partial charge in [-0.3, -0.25) is 9.59 Å². The Morgan fingerprint density at radius 1 is 1.10 bits per heavy atom. The van der Waals surface area contributed by atoms with Crippen LogP contribution < -0.4 is 19.3 Å². The molecule has 3 aliphatic rings. The Morgan fingerprint density at radius 2 is 1.93 bits per heavy atom. The molecule has 0 bridgehead atoms. The molecule has 1 saturated heterocycles. The second-order valence-electron chi connectivity index (χ2n) is 7.57. The summed E-state index contributed by atoms with van der Waals surface area (Å²) in [4.78, 5) is 29.0. The average molecular weight is 396 g/mol. The van der Waals surface area contributed by atoms with Gasteiger partial charge in [0, 0.05) is 31.3 Å². The number of nitrogens with zero attached hydrogens (tertiary/aromatic N) is 2. The highest BCUT2D eigenvalue weighted by atomic mass is 19.1. The molecule has 150 valence electrons. The standard InChI is InChI=1S/C22H21FN2O4/c23-17-5-1-3-14-4-2-8-24(21(14)17)22(27)15-11-20(26)25(13-15)16-6-7-18-19(12-16)29-10-9-28-18/h1,3,5-7,12,15H,2,4,8-11,13H2. The van der Waals surface area contributed by atoms with Gasteiger partial charge < -0.3 is 19.3 Å². The van der Waals surface area contributed by atoms with Crippen molar-refractivity contribution in [2.24, 2.45) is 5.92 Å². The van der Waals surface area contributed by atoms with Gasteiger partial charge in [0.15, 0.2) is 11.5 Å². The predicted molar refractivity (Wildman–Crippen MR) is 105 cm³/mol. The van der Waals surface area contributed by atoms with E-state index in [0.29, 0.717) is 42.6 Å². The van der Waals surface area contributed by atoms with Crippen LogP contribution in [0.3, 0.4) is 0 Å². The monoisotopic (exact) mass is 396 g/mol. The average Bonchev–Trinajstić information content (AvgIpc) is 3.14. The summed E-state index contributed by atoms with van der Waals surface area (Å²) >= 11 is 0. The second-order valence-corrected chi connectivity index (χ2v) is 7.57. The number of fused-ring (bicyclic) bond motifs is 2. The van der Waals surface area contributed by atoms with Crippen molar-refractivity contribution in [2.75, 3.05) is 36.1 Å². The van der Waals surface area contributed by atoms with E-state index in [1.165, 1.54) is 11.0 Å². The topological polar surface area (TPSA) is 59.1 Å². The van der Waals surface area contributed by atoms with Crippen LogP contribution in [0.25, 0.3) is 0 Å². The lowest BCUT2D eigenvalue weighted by Gasteiger charge is -2.31. The minimum atomic E-state index is -0.499. The van der Waals surface area contributed by atoms with Gasteiger partial charge in [-0.2, -0.15) is 0 Å². The van der Waals surface area contributed by atoms with Gasteiger partial charge in [0.05, 0.1) is 11.6 Å². The van der Waals surface area contributed by atoms with Gasteiger partial charge >= 0.3 is 0 Å². The Morgan fingerprint density at radius 3 is 2.79 bits per heavy atom. The number of hydrogen-bond donors (Lipinski definition) is 0. The molecule has 3 aliphatic heterocycles. The van der Waals surface area contributed by atoms with Crippen molar-refractivity contribution in [3.05, 3.63) is 47.8 Å². The zero-order valence-corrected chi connectivity index (χ0v) is 15.9. The van der Waals surface area contributed by atoms with E-state index in [9.17, 15) is 14.0 Å². The summed E-state index contributed by atoms with van der Waals surface area (Å²) in [6, 6.07) is 10.3. The number of ether oxygens (including phenoxy) is 2.